The molecule has 88 valence electrons. The number of nitrogens with one attached hydrogen (secondary N) is 1. The van der Waals surface area contributed by atoms with Crippen molar-refractivity contribution in [1.29, 1.82) is 0 Å². The summed E-state index contributed by atoms with van der Waals surface area (Å²) in [5, 5.41) is 3.24. The first kappa shape index (κ1) is 12.0. The molecule has 1 aromatic rings. The molecule has 1 aromatic carbocycles. The third-order valence-electron chi connectivity index (χ3n) is 3.05. The minimum absolute atomic E-state index is 0.171. The smallest absolute Gasteiger partial charge is 0.137 e. The van der Waals surface area contributed by atoms with Gasteiger partial charge in [-0.2, -0.15) is 0 Å². The molecule has 0 spiro atoms. The van der Waals surface area contributed by atoms with Crippen LogP contribution in [-0.4, -0.2) is 20.3 Å². The molecule has 0 aromatic heterocycles. The molecule has 2 nitrogen and oxygen atoms in total. The van der Waals surface area contributed by atoms with E-state index in [2.05, 4.69) is 21.2 Å². The SMILES string of the molecule is CNC(c1ccc(Br)c(F)c1)C1CCOC1. The standard InChI is InChI=1S/C12H15BrFNO/c1-15-12(9-4-5-16-7-9)8-2-3-10(13)11(14)6-8/h2-3,6,9,12,15H,4-5,7H2,1H3. The zero-order valence-corrected chi connectivity index (χ0v) is 10.8. The lowest BCUT2D eigenvalue weighted by Gasteiger charge is -2.22. The molecule has 1 saturated heterocycles. The highest BCUT2D eigenvalue weighted by Crippen LogP contribution is 2.30. The summed E-state index contributed by atoms with van der Waals surface area (Å²) >= 11 is 3.16. The summed E-state index contributed by atoms with van der Waals surface area (Å²) in [6.45, 7) is 1.56. The summed E-state index contributed by atoms with van der Waals surface area (Å²) in [5.41, 5.74) is 0.985. The quantitative estimate of drug-likeness (QED) is 0.923. The van der Waals surface area contributed by atoms with Gasteiger partial charge >= 0.3 is 0 Å². The van der Waals surface area contributed by atoms with Gasteiger partial charge in [0.1, 0.15) is 5.82 Å². The first-order valence-corrected chi connectivity index (χ1v) is 6.21. The van der Waals surface area contributed by atoms with Crippen molar-refractivity contribution in [3.63, 3.8) is 0 Å². The van der Waals surface area contributed by atoms with E-state index in [-0.39, 0.29) is 11.9 Å². The molecule has 1 heterocycles. The van der Waals surface area contributed by atoms with Crippen LogP contribution in [0.1, 0.15) is 18.0 Å². The van der Waals surface area contributed by atoms with E-state index in [1.165, 1.54) is 0 Å². The summed E-state index contributed by atoms with van der Waals surface area (Å²) in [5.74, 6) is 0.224. The molecule has 1 fully saturated rings. The minimum Gasteiger partial charge on any atom is -0.381 e. The van der Waals surface area contributed by atoms with Crippen LogP contribution in [0.3, 0.4) is 0 Å². The molecule has 0 aliphatic carbocycles. The maximum Gasteiger partial charge on any atom is 0.137 e. The summed E-state index contributed by atoms with van der Waals surface area (Å²) < 4.78 is 19.3. The van der Waals surface area contributed by atoms with Crippen molar-refractivity contribution in [2.75, 3.05) is 20.3 Å². The Labute approximate surface area is 103 Å². The Hall–Kier alpha value is -0.450. The van der Waals surface area contributed by atoms with Gasteiger partial charge in [0.2, 0.25) is 0 Å². The van der Waals surface area contributed by atoms with Gasteiger partial charge in [0, 0.05) is 18.6 Å². The van der Waals surface area contributed by atoms with Crippen LogP contribution in [0.25, 0.3) is 0 Å². The van der Waals surface area contributed by atoms with Crippen LogP contribution in [0.5, 0.6) is 0 Å². The number of rotatable bonds is 3. The van der Waals surface area contributed by atoms with E-state index in [0.717, 1.165) is 25.2 Å². The Kier molecular flexibility index (Phi) is 3.95. The molecule has 4 heteroatoms. The Balaban J connectivity index is 2.22. The van der Waals surface area contributed by atoms with Crippen molar-refractivity contribution in [3.8, 4) is 0 Å². The fourth-order valence-electron chi connectivity index (χ4n) is 2.20. The van der Waals surface area contributed by atoms with Crippen LogP contribution in [0.4, 0.5) is 4.39 Å². The maximum atomic E-state index is 13.5. The van der Waals surface area contributed by atoms with Crippen LogP contribution < -0.4 is 5.32 Å². The van der Waals surface area contributed by atoms with Gasteiger partial charge < -0.3 is 10.1 Å². The van der Waals surface area contributed by atoms with Gasteiger partial charge in [-0.05, 0) is 47.1 Å². The molecule has 2 atom stereocenters. The van der Waals surface area contributed by atoms with Gasteiger partial charge in [-0.15, -0.1) is 0 Å². The highest BCUT2D eigenvalue weighted by molar-refractivity contribution is 9.10. The topological polar surface area (TPSA) is 21.3 Å². The van der Waals surface area contributed by atoms with E-state index >= 15 is 0 Å². The van der Waals surface area contributed by atoms with Gasteiger partial charge in [0.05, 0.1) is 11.1 Å². The van der Waals surface area contributed by atoms with Gasteiger partial charge in [-0.3, -0.25) is 0 Å². The van der Waals surface area contributed by atoms with Crippen molar-refractivity contribution in [3.05, 3.63) is 34.1 Å². The van der Waals surface area contributed by atoms with Gasteiger partial charge in [-0.1, -0.05) is 6.07 Å². The molecule has 0 bridgehead atoms. The summed E-state index contributed by atoms with van der Waals surface area (Å²) in [6.07, 6.45) is 1.03. The number of hydrogen-bond donors (Lipinski definition) is 1. The first-order chi connectivity index (χ1) is 7.72. The van der Waals surface area contributed by atoms with Crippen molar-refractivity contribution in [1.82, 2.24) is 5.32 Å². The zero-order valence-electron chi connectivity index (χ0n) is 9.17. The number of hydrogen-bond acceptors (Lipinski definition) is 2. The van der Waals surface area contributed by atoms with Crippen LogP contribution in [0, 0.1) is 11.7 Å². The molecule has 2 unspecified atom stereocenters. The van der Waals surface area contributed by atoms with Crippen LogP contribution >= 0.6 is 15.9 Å². The van der Waals surface area contributed by atoms with E-state index < -0.39 is 0 Å². The number of halogens is 2. The van der Waals surface area contributed by atoms with Crippen LogP contribution in [-0.2, 0) is 4.74 Å². The predicted molar refractivity (Wildman–Crippen MR) is 64.8 cm³/mol. The molecule has 1 aliphatic rings. The van der Waals surface area contributed by atoms with Crippen molar-refractivity contribution >= 4 is 15.9 Å². The molecule has 1 N–H and O–H groups in total. The monoisotopic (exact) mass is 287 g/mol. The molecule has 2 rings (SSSR count). The Morgan fingerprint density at radius 3 is 2.94 bits per heavy atom. The summed E-state index contributed by atoms with van der Waals surface area (Å²) in [6, 6.07) is 5.46. The normalized spacial score (nSPS) is 22.3. The zero-order chi connectivity index (χ0) is 11.5. The summed E-state index contributed by atoms with van der Waals surface area (Å²) in [4.78, 5) is 0. The average Bonchev–Trinajstić information content (AvgIpc) is 2.78. The third-order valence-corrected chi connectivity index (χ3v) is 3.69. The van der Waals surface area contributed by atoms with Crippen molar-refractivity contribution < 1.29 is 9.13 Å². The van der Waals surface area contributed by atoms with Crippen molar-refractivity contribution in [2.24, 2.45) is 5.92 Å². The fraction of sp³-hybridized carbons (Fsp3) is 0.500. The fourth-order valence-corrected chi connectivity index (χ4v) is 2.44. The molecule has 1 aliphatic heterocycles. The number of ether oxygens (including phenoxy) is 1. The van der Waals surface area contributed by atoms with E-state index in [0.29, 0.717) is 10.4 Å². The van der Waals surface area contributed by atoms with Gasteiger partial charge in [0.15, 0.2) is 0 Å². The Morgan fingerprint density at radius 1 is 1.56 bits per heavy atom. The Morgan fingerprint density at radius 2 is 2.38 bits per heavy atom. The molecular formula is C12H15BrFNO. The molecular weight excluding hydrogens is 273 g/mol. The minimum atomic E-state index is -0.211. The second-order valence-electron chi connectivity index (χ2n) is 4.06. The lowest BCUT2D eigenvalue weighted by atomic mass is 9.92. The predicted octanol–water partition coefficient (Wildman–Crippen LogP) is 2.89. The Bertz CT molecular complexity index is 366. The lowest BCUT2D eigenvalue weighted by molar-refractivity contribution is 0.177. The highest BCUT2D eigenvalue weighted by atomic mass is 79.9. The lowest BCUT2D eigenvalue weighted by Crippen LogP contribution is -2.25. The number of benzene rings is 1. The maximum absolute atomic E-state index is 13.5. The molecule has 0 amide bonds. The van der Waals surface area contributed by atoms with Gasteiger partial charge in [0.25, 0.3) is 0 Å². The second kappa shape index (κ2) is 5.25. The van der Waals surface area contributed by atoms with E-state index in [9.17, 15) is 4.39 Å². The average molecular weight is 288 g/mol. The molecule has 16 heavy (non-hydrogen) atoms. The van der Waals surface area contributed by atoms with E-state index in [4.69, 9.17) is 4.74 Å². The first-order valence-electron chi connectivity index (χ1n) is 5.42. The molecule has 0 saturated carbocycles. The van der Waals surface area contributed by atoms with Gasteiger partial charge in [-0.25, -0.2) is 4.39 Å². The van der Waals surface area contributed by atoms with E-state index in [1.54, 1.807) is 12.1 Å². The second-order valence-corrected chi connectivity index (χ2v) is 4.92. The van der Waals surface area contributed by atoms with Crippen molar-refractivity contribution in [2.45, 2.75) is 12.5 Å². The third kappa shape index (κ3) is 2.44. The van der Waals surface area contributed by atoms with Crippen LogP contribution in [0.15, 0.2) is 22.7 Å². The largest absolute Gasteiger partial charge is 0.381 e. The van der Waals surface area contributed by atoms with Crippen LogP contribution in [0.2, 0.25) is 0 Å². The highest BCUT2D eigenvalue weighted by Gasteiger charge is 2.26. The van der Waals surface area contributed by atoms with E-state index in [1.807, 2.05) is 13.1 Å². The summed E-state index contributed by atoms with van der Waals surface area (Å²) in [7, 11) is 1.91. The molecule has 0 radical (unpaired) electrons.